The summed E-state index contributed by atoms with van der Waals surface area (Å²) < 4.78 is 0. The second-order valence-electron chi connectivity index (χ2n) is 4.50. The lowest BCUT2D eigenvalue weighted by molar-refractivity contribution is 0.806. The molecule has 2 nitrogen and oxygen atoms in total. The molecule has 18 heavy (non-hydrogen) atoms. The number of pyridine rings is 1. The van der Waals surface area contributed by atoms with Crippen molar-refractivity contribution in [3.8, 4) is 0 Å². The van der Waals surface area contributed by atoms with Gasteiger partial charge >= 0.3 is 0 Å². The van der Waals surface area contributed by atoms with Crippen LogP contribution in [0.25, 0.3) is 0 Å². The van der Waals surface area contributed by atoms with Crippen molar-refractivity contribution in [3.63, 3.8) is 0 Å². The molecule has 2 rings (SSSR count). The van der Waals surface area contributed by atoms with Crippen LogP contribution in [0.15, 0.2) is 47.6 Å². The van der Waals surface area contributed by atoms with E-state index in [1.807, 2.05) is 19.2 Å². The van der Waals surface area contributed by atoms with E-state index in [1.54, 1.807) is 11.8 Å². The molecular formula is C15H18N2S. The Labute approximate surface area is 113 Å². The average molecular weight is 258 g/mol. The molecule has 1 aromatic carbocycles. The number of aromatic nitrogens is 1. The average Bonchev–Trinajstić information content (AvgIpc) is 2.37. The minimum absolute atomic E-state index is 0.0494. The lowest BCUT2D eigenvalue weighted by Crippen LogP contribution is -2.04. The number of benzene rings is 1. The van der Waals surface area contributed by atoms with Crippen LogP contribution >= 0.6 is 11.8 Å². The minimum atomic E-state index is 0.0494. The summed E-state index contributed by atoms with van der Waals surface area (Å²) in [6.07, 6.45) is 1.86. The molecule has 0 unspecified atom stereocenters. The van der Waals surface area contributed by atoms with Crippen LogP contribution < -0.4 is 5.73 Å². The van der Waals surface area contributed by atoms with E-state index in [0.29, 0.717) is 0 Å². The van der Waals surface area contributed by atoms with Gasteiger partial charge in [-0.3, -0.25) is 0 Å². The van der Waals surface area contributed by atoms with Crippen LogP contribution in [0.2, 0.25) is 0 Å². The van der Waals surface area contributed by atoms with Crippen LogP contribution in [0.3, 0.4) is 0 Å². The molecule has 94 valence electrons. The Morgan fingerprint density at radius 3 is 2.72 bits per heavy atom. The van der Waals surface area contributed by atoms with Gasteiger partial charge in [-0.2, -0.15) is 0 Å². The Balaban J connectivity index is 1.98. The molecule has 1 heterocycles. The van der Waals surface area contributed by atoms with Crippen molar-refractivity contribution < 1.29 is 0 Å². The highest BCUT2D eigenvalue weighted by Crippen LogP contribution is 2.22. The van der Waals surface area contributed by atoms with E-state index in [0.717, 1.165) is 16.3 Å². The quantitative estimate of drug-likeness (QED) is 0.850. The largest absolute Gasteiger partial charge is 0.324 e. The number of rotatable bonds is 4. The smallest absolute Gasteiger partial charge is 0.0963 e. The summed E-state index contributed by atoms with van der Waals surface area (Å²) in [5.74, 6) is 0.951. The number of thioether (sulfide) groups is 1. The van der Waals surface area contributed by atoms with Gasteiger partial charge in [-0.15, -0.1) is 11.8 Å². The molecule has 3 heteroatoms. The van der Waals surface area contributed by atoms with Gasteiger partial charge in [-0.25, -0.2) is 4.98 Å². The minimum Gasteiger partial charge on any atom is -0.324 e. The van der Waals surface area contributed by atoms with Crippen LogP contribution in [-0.4, -0.2) is 4.98 Å². The molecule has 0 aliphatic heterocycles. The van der Waals surface area contributed by atoms with Crippen LogP contribution in [0.5, 0.6) is 0 Å². The van der Waals surface area contributed by atoms with Crippen molar-refractivity contribution in [1.82, 2.24) is 4.98 Å². The predicted molar refractivity (Wildman–Crippen MR) is 77.6 cm³/mol. The van der Waals surface area contributed by atoms with E-state index in [9.17, 15) is 0 Å². The molecule has 0 radical (unpaired) electrons. The van der Waals surface area contributed by atoms with Crippen LogP contribution in [-0.2, 0) is 5.75 Å². The lowest BCUT2D eigenvalue weighted by Gasteiger charge is -2.06. The molecule has 1 atom stereocenters. The van der Waals surface area contributed by atoms with E-state index in [4.69, 9.17) is 5.73 Å². The fourth-order valence-electron chi connectivity index (χ4n) is 1.71. The molecular weight excluding hydrogens is 240 g/mol. The topological polar surface area (TPSA) is 38.9 Å². The first-order valence-electron chi connectivity index (χ1n) is 6.05. The molecule has 2 N–H and O–H groups in total. The Morgan fingerprint density at radius 1 is 1.28 bits per heavy atom. The Hall–Kier alpha value is -1.32. The van der Waals surface area contributed by atoms with Gasteiger partial charge in [0.05, 0.1) is 5.03 Å². The van der Waals surface area contributed by atoms with Crippen molar-refractivity contribution in [1.29, 1.82) is 0 Å². The van der Waals surface area contributed by atoms with Gasteiger partial charge in [0.2, 0.25) is 0 Å². The van der Waals surface area contributed by atoms with E-state index >= 15 is 0 Å². The maximum Gasteiger partial charge on any atom is 0.0963 e. The van der Waals surface area contributed by atoms with E-state index < -0.39 is 0 Å². The number of hydrogen-bond acceptors (Lipinski definition) is 3. The van der Waals surface area contributed by atoms with Gasteiger partial charge in [0.15, 0.2) is 0 Å². The second kappa shape index (κ2) is 6.03. The fraction of sp³-hybridized carbons (Fsp3) is 0.267. The highest BCUT2D eigenvalue weighted by Gasteiger charge is 2.01. The zero-order valence-corrected chi connectivity index (χ0v) is 11.6. The first kappa shape index (κ1) is 13.1. The second-order valence-corrected chi connectivity index (χ2v) is 5.49. The van der Waals surface area contributed by atoms with Crippen LogP contribution in [0.1, 0.15) is 29.7 Å². The molecule has 0 spiro atoms. The SMILES string of the molecule is Cc1cccc(CSc2ccc([C@H](C)N)cn2)c1. The summed E-state index contributed by atoms with van der Waals surface area (Å²) in [7, 11) is 0. The Bertz CT molecular complexity index is 506. The van der Waals surface area contributed by atoms with E-state index in [1.165, 1.54) is 11.1 Å². The highest BCUT2D eigenvalue weighted by atomic mass is 32.2. The first-order valence-corrected chi connectivity index (χ1v) is 7.03. The summed E-state index contributed by atoms with van der Waals surface area (Å²) in [5.41, 5.74) is 9.51. The first-order chi connectivity index (χ1) is 8.65. The van der Waals surface area contributed by atoms with Gasteiger partial charge in [-0.1, -0.05) is 35.9 Å². The van der Waals surface area contributed by atoms with Gasteiger partial charge in [-0.05, 0) is 31.0 Å². The molecule has 2 aromatic rings. The molecule has 0 aliphatic carbocycles. The number of nitrogens with zero attached hydrogens (tertiary/aromatic N) is 1. The zero-order valence-electron chi connectivity index (χ0n) is 10.8. The molecule has 1 aromatic heterocycles. The van der Waals surface area contributed by atoms with E-state index in [2.05, 4.69) is 42.2 Å². The summed E-state index contributed by atoms with van der Waals surface area (Å²) in [5, 5.41) is 1.04. The molecule has 0 saturated heterocycles. The third-order valence-electron chi connectivity index (χ3n) is 2.75. The summed E-state index contributed by atoms with van der Waals surface area (Å²) in [6, 6.07) is 12.7. The van der Waals surface area contributed by atoms with Crippen molar-refractivity contribution in [2.75, 3.05) is 0 Å². The summed E-state index contributed by atoms with van der Waals surface area (Å²) >= 11 is 1.75. The Morgan fingerprint density at radius 2 is 2.11 bits per heavy atom. The highest BCUT2D eigenvalue weighted by molar-refractivity contribution is 7.98. The van der Waals surface area contributed by atoms with Crippen molar-refractivity contribution >= 4 is 11.8 Å². The number of hydrogen-bond donors (Lipinski definition) is 1. The van der Waals surface area contributed by atoms with Crippen LogP contribution in [0, 0.1) is 6.92 Å². The Kier molecular flexibility index (Phi) is 4.39. The zero-order chi connectivity index (χ0) is 13.0. The predicted octanol–water partition coefficient (Wildman–Crippen LogP) is 3.70. The van der Waals surface area contributed by atoms with E-state index in [-0.39, 0.29) is 6.04 Å². The van der Waals surface area contributed by atoms with Gasteiger partial charge < -0.3 is 5.73 Å². The molecule has 0 aliphatic rings. The van der Waals surface area contributed by atoms with Crippen molar-refractivity contribution in [2.24, 2.45) is 5.73 Å². The molecule has 0 bridgehead atoms. The summed E-state index contributed by atoms with van der Waals surface area (Å²) in [4.78, 5) is 4.42. The fourth-order valence-corrected chi connectivity index (χ4v) is 2.49. The number of nitrogens with two attached hydrogens (primary N) is 1. The third-order valence-corrected chi connectivity index (χ3v) is 3.77. The maximum atomic E-state index is 5.80. The van der Waals surface area contributed by atoms with Gasteiger partial charge in [0.1, 0.15) is 0 Å². The van der Waals surface area contributed by atoms with Crippen LogP contribution in [0.4, 0.5) is 0 Å². The molecule has 0 saturated carbocycles. The monoisotopic (exact) mass is 258 g/mol. The molecule has 0 fully saturated rings. The standard InChI is InChI=1S/C15H18N2S/c1-11-4-3-5-13(8-11)10-18-15-7-6-14(9-17-15)12(2)16/h3-9,12H,10,16H2,1-2H3/t12-/m0/s1. The van der Waals surface area contributed by atoms with Gasteiger partial charge in [0.25, 0.3) is 0 Å². The summed E-state index contributed by atoms with van der Waals surface area (Å²) in [6.45, 7) is 4.08. The lowest BCUT2D eigenvalue weighted by atomic mass is 10.2. The third kappa shape index (κ3) is 3.59. The van der Waals surface area contributed by atoms with Crippen molar-refractivity contribution in [3.05, 3.63) is 59.3 Å². The van der Waals surface area contributed by atoms with Gasteiger partial charge in [0, 0.05) is 18.0 Å². The molecule has 0 amide bonds. The van der Waals surface area contributed by atoms with Crippen molar-refractivity contribution in [2.45, 2.75) is 30.7 Å². The normalized spacial score (nSPS) is 12.4. The number of aryl methyl sites for hydroxylation is 1. The maximum absolute atomic E-state index is 5.80.